The molecule has 0 radical (unpaired) electrons. The van der Waals surface area contributed by atoms with Gasteiger partial charge in [-0.2, -0.15) is 5.11 Å². The summed E-state index contributed by atoms with van der Waals surface area (Å²) >= 11 is 15.1. The predicted octanol–water partition coefficient (Wildman–Crippen LogP) is 3.69. The Kier molecular flexibility index (Phi) is 5.28. The van der Waals surface area contributed by atoms with Crippen molar-refractivity contribution in [1.82, 2.24) is 5.01 Å². The Hall–Kier alpha value is -2.49. The van der Waals surface area contributed by atoms with Crippen molar-refractivity contribution in [2.45, 2.75) is 12.1 Å². The first-order chi connectivity index (χ1) is 13.8. The van der Waals surface area contributed by atoms with Crippen molar-refractivity contribution in [1.29, 1.82) is 0 Å². The largest absolute Gasteiger partial charge is 0.324 e. The fourth-order valence-corrected chi connectivity index (χ4v) is 3.83. The number of benzene rings is 2. The van der Waals surface area contributed by atoms with Crippen LogP contribution in [-0.2, 0) is 14.4 Å². The van der Waals surface area contributed by atoms with Crippen LogP contribution in [-0.4, -0.2) is 41.4 Å². The smallest absolute Gasteiger partial charge is 0.263 e. The first kappa shape index (κ1) is 19.8. The van der Waals surface area contributed by atoms with Crippen molar-refractivity contribution in [3.63, 3.8) is 0 Å². The molecule has 0 aliphatic carbocycles. The lowest BCUT2D eigenvalue weighted by Gasteiger charge is -2.20. The second kappa shape index (κ2) is 7.74. The minimum atomic E-state index is -0.973. The second-order valence-electron chi connectivity index (χ2n) is 6.36. The van der Waals surface area contributed by atoms with Crippen LogP contribution in [0.4, 0.5) is 11.4 Å². The molecule has 0 spiro atoms. The van der Waals surface area contributed by atoms with Crippen LogP contribution in [0.1, 0.15) is 0 Å². The zero-order valence-electron chi connectivity index (χ0n) is 14.6. The number of carbonyl (C=O) groups is 3. The molecule has 2 aromatic rings. The molecule has 2 aromatic carbocycles. The molecular weight excluding hydrogens is 485 g/mol. The number of carbonyl (C=O) groups excluding carboxylic acids is 3. The molecule has 0 saturated carbocycles. The number of fused-ring (bicyclic) bond motifs is 1. The molecule has 0 bridgehead atoms. The molecule has 0 unspecified atom stereocenters. The van der Waals surface area contributed by atoms with E-state index in [1.165, 1.54) is 11.1 Å². The van der Waals surface area contributed by atoms with Gasteiger partial charge in [-0.25, -0.2) is 4.90 Å². The van der Waals surface area contributed by atoms with Crippen LogP contribution in [0, 0.1) is 0 Å². The van der Waals surface area contributed by atoms with Crippen molar-refractivity contribution in [3.8, 4) is 0 Å². The first-order valence-electron chi connectivity index (χ1n) is 8.41. The molecule has 0 aromatic heterocycles. The second-order valence-corrected chi connectivity index (χ2v) is 8.09. The highest BCUT2D eigenvalue weighted by Gasteiger charge is 2.55. The lowest BCUT2D eigenvalue weighted by atomic mass is 10.1. The van der Waals surface area contributed by atoms with Crippen molar-refractivity contribution in [2.75, 3.05) is 16.8 Å². The van der Waals surface area contributed by atoms with Gasteiger partial charge in [0.25, 0.3) is 11.8 Å². The molecule has 2 aliphatic rings. The average molecular weight is 497 g/mol. The van der Waals surface area contributed by atoms with Gasteiger partial charge in [-0.3, -0.25) is 19.4 Å². The number of hydrogen-bond acceptors (Lipinski definition) is 6. The van der Waals surface area contributed by atoms with Crippen molar-refractivity contribution < 1.29 is 14.4 Å². The maximum atomic E-state index is 12.9. The third kappa shape index (κ3) is 3.73. The van der Waals surface area contributed by atoms with Crippen LogP contribution in [0.2, 0.25) is 10.0 Å². The van der Waals surface area contributed by atoms with Crippen molar-refractivity contribution in [3.05, 3.63) is 57.0 Å². The standard InChI is InChI=1S/C18H12BrCl2N5O3/c19-9-2-1-3-11(6-9)26-17(28)15-16(18(26)29)25(24-23-15)8-14(27)22-10-4-5-12(20)13(21)7-10/h1-7,15-16H,8H2,(H,22,27)/t15-,16+/m0/s1. The molecule has 1 N–H and O–H groups in total. The van der Waals surface area contributed by atoms with E-state index in [0.29, 0.717) is 21.4 Å². The average Bonchev–Trinajstić information content (AvgIpc) is 3.18. The third-order valence-corrected chi connectivity index (χ3v) is 5.67. The lowest BCUT2D eigenvalue weighted by Crippen LogP contribution is -2.43. The molecule has 1 saturated heterocycles. The molecule has 148 valence electrons. The van der Waals surface area contributed by atoms with Gasteiger partial charge in [-0.1, -0.05) is 50.4 Å². The van der Waals surface area contributed by atoms with E-state index in [1.54, 1.807) is 36.4 Å². The van der Waals surface area contributed by atoms with Crippen LogP contribution >= 0.6 is 39.1 Å². The van der Waals surface area contributed by atoms with Crippen molar-refractivity contribution in [2.24, 2.45) is 10.3 Å². The van der Waals surface area contributed by atoms with E-state index in [1.807, 2.05) is 0 Å². The van der Waals surface area contributed by atoms with Gasteiger partial charge in [-0.15, -0.1) is 0 Å². The van der Waals surface area contributed by atoms with Crippen molar-refractivity contribution >= 4 is 68.2 Å². The Bertz CT molecular complexity index is 1060. The van der Waals surface area contributed by atoms with E-state index in [4.69, 9.17) is 23.2 Å². The normalized spacial score (nSPS) is 20.4. The molecule has 2 aliphatic heterocycles. The highest BCUT2D eigenvalue weighted by Crippen LogP contribution is 2.33. The van der Waals surface area contributed by atoms with E-state index in [-0.39, 0.29) is 6.54 Å². The molecular formula is C18H12BrCl2N5O3. The summed E-state index contributed by atoms with van der Waals surface area (Å²) in [6, 6.07) is 9.55. The summed E-state index contributed by atoms with van der Waals surface area (Å²) in [4.78, 5) is 39.1. The molecule has 2 heterocycles. The first-order valence-corrected chi connectivity index (χ1v) is 9.96. The monoisotopic (exact) mass is 495 g/mol. The van der Waals surface area contributed by atoms with Gasteiger partial charge in [0.05, 0.1) is 15.7 Å². The Morgan fingerprint density at radius 2 is 1.90 bits per heavy atom. The van der Waals surface area contributed by atoms with E-state index in [9.17, 15) is 14.4 Å². The highest BCUT2D eigenvalue weighted by molar-refractivity contribution is 9.10. The fourth-order valence-electron chi connectivity index (χ4n) is 3.15. The summed E-state index contributed by atoms with van der Waals surface area (Å²) in [5.41, 5.74) is 0.876. The number of rotatable bonds is 4. The zero-order valence-corrected chi connectivity index (χ0v) is 17.6. The molecule has 3 amide bonds. The van der Waals surface area contributed by atoms with Crippen LogP contribution in [0.5, 0.6) is 0 Å². The van der Waals surface area contributed by atoms with Crippen LogP contribution < -0.4 is 10.2 Å². The molecule has 29 heavy (non-hydrogen) atoms. The maximum Gasteiger partial charge on any atom is 0.263 e. The number of nitrogens with one attached hydrogen (secondary N) is 1. The summed E-state index contributed by atoms with van der Waals surface area (Å²) in [5, 5.41) is 12.3. The van der Waals surface area contributed by atoms with Crippen LogP contribution in [0.3, 0.4) is 0 Å². The molecule has 8 nitrogen and oxygen atoms in total. The minimum Gasteiger partial charge on any atom is -0.324 e. The lowest BCUT2D eigenvalue weighted by molar-refractivity contribution is -0.123. The number of hydrogen-bond donors (Lipinski definition) is 1. The van der Waals surface area contributed by atoms with E-state index >= 15 is 0 Å². The molecule has 2 atom stereocenters. The Morgan fingerprint density at radius 1 is 1.10 bits per heavy atom. The molecule has 4 rings (SSSR count). The van der Waals surface area contributed by atoms with Gasteiger partial charge in [0.1, 0.15) is 6.54 Å². The Morgan fingerprint density at radius 3 is 2.62 bits per heavy atom. The maximum absolute atomic E-state index is 12.9. The number of halogens is 3. The van der Waals surface area contributed by atoms with Gasteiger partial charge in [-0.05, 0) is 36.4 Å². The minimum absolute atomic E-state index is 0.254. The summed E-state index contributed by atoms with van der Waals surface area (Å²) in [7, 11) is 0. The van der Waals surface area contributed by atoms with E-state index in [0.717, 1.165) is 9.37 Å². The third-order valence-electron chi connectivity index (χ3n) is 4.43. The Labute approximate surface area is 183 Å². The van der Waals surface area contributed by atoms with Gasteiger partial charge >= 0.3 is 0 Å². The number of amides is 3. The van der Waals surface area contributed by atoms with Gasteiger partial charge < -0.3 is 5.32 Å². The zero-order chi connectivity index (χ0) is 20.7. The van der Waals surface area contributed by atoms with Gasteiger partial charge in [0, 0.05) is 10.2 Å². The summed E-state index contributed by atoms with van der Waals surface area (Å²) < 4.78 is 0.729. The molecule has 1 fully saturated rings. The van der Waals surface area contributed by atoms with Crippen LogP contribution in [0.25, 0.3) is 0 Å². The predicted molar refractivity (Wildman–Crippen MR) is 111 cm³/mol. The number of imide groups is 1. The SMILES string of the molecule is O=C(CN1N=N[C@@H]2C(=O)N(c3cccc(Br)c3)C(=O)[C@@H]21)Nc1ccc(Cl)c(Cl)c1. The van der Waals surface area contributed by atoms with Crippen LogP contribution in [0.15, 0.2) is 57.3 Å². The summed E-state index contributed by atoms with van der Waals surface area (Å²) in [6.07, 6.45) is 0. The fraction of sp³-hybridized carbons (Fsp3) is 0.167. The number of nitrogens with zero attached hydrogens (tertiary/aromatic N) is 4. The topological polar surface area (TPSA) is 94.4 Å². The summed E-state index contributed by atoms with van der Waals surface area (Å²) in [5.74, 6) is -1.40. The number of anilines is 2. The highest BCUT2D eigenvalue weighted by atomic mass is 79.9. The quantitative estimate of drug-likeness (QED) is 0.653. The van der Waals surface area contributed by atoms with Gasteiger partial charge in [0.2, 0.25) is 5.91 Å². The molecule has 11 heteroatoms. The van der Waals surface area contributed by atoms with Gasteiger partial charge in [0.15, 0.2) is 12.1 Å². The summed E-state index contributed by atoms with van der Waals surface area (Å²) in [6.45, 7) is -0.254. The van der Waals surface area contributed by atoms with E-state index < -0.39 is 29.8 Å². The Balaban J connectivity index is 1.49. The van der Waals surface area contributed by atoms with E-state index in [2.05, 4.69) is 31.6 Å².